The maximum absolute atomic E-state index is 11.2. The molecule has 0 aliphatic heterocycles. The monoisotopic (exact) mass is 278 g/mol. The van der Waals surface area contributed by atoms with Gasteiger partial charge < -0.3 is 15.7 Å². The summed E-state index contributed by atoms with van der Waals surface area (Å²) in [7, 11) is 0. The lowest BCUT2D eigenvalue weighted by molar-refractivity contribution is -0.110. The number of benzene rings is 1. The summed E-state index contributed by atoms with van der Waals surface area (Å²) in [6, 6.07) is 9.56. The number of aromatic amines is 1. The molecule has 0 aliphatic carbocycles. The normalized spacial score (nSPS) is 10.5. The van der Waals surface area contributed by atoms with E-state index >= 15 is 0 Å². The fourth-order valence-electron chi connectivity index (χ4n) is 2.25. The third kappa shape index (κ3) is 2.53. The molecule has 0 bridgehead atoms. The Morgan fingerprint density at radius 1 is 1.33 bits per heavy atom. The predicted octanol–water partition coefficient (Wildman–Crippen LogP) is 3.13. The lowest BCUT2D eigenvalue weighted by Gasteiger charge is -2.06. The molecule has 1 aromatic carbocycles. The quantitative estimate of drug-likeness (QED) is 0.643. The van der Waals surface area contributed by atoms with Gasteiger partial charge in [0.15, 0.2) is 0 Å². The number of aryl methyl sites for hydroxylation is 1. The van der Waals surface area contributed by atoms with Crippen LogP contribution < -0.4 is 5.32 Å². The SMILES string of the molecule is Cc1c[nH]c2ncc(-c3cccc(NC(=O)C=N)c3)cc12. The summed E-state index contributed by atoms with van der Waals surface area (Å²) >= 11 is 0. The van der Waals surface area contributed by atoms with Gasteiger partial charge in [0.05, 0.1) is 6.21 Å². The number of nitrogens with zero attached hydrogens (tertiary/aromatic N) is 1. The molecule has 3 aromatic rings. The smallest absolute Gasteiger partial charge is 0.266 e. The van der Waals surface area contributed by atoms with E-state index in [4.69, 9.17) is 5.41 Å². The van der Waals surface area contributed by atoms with Crippen molar-refractivity contribution in [3.05, 3.63) is 48.3 Å². The Bertz CT molecular complexity index is 835. The minimum Gasteiger partial charge on any atom is -0.346 e. The Morgan fingerprint density at radius 2 is 2.19 bits per heavy atom. The predicted molar refractivity (Wildman–Crippen MR) is 83.7 cm³/mol. The molecule has 5 heteroatoms. The molecular weight excluding hydrogens is 264 g/mol. The highest BCUT2D eigenvalue weighted by molar-refractivity contribution is 6.30. The molecule has 104 valence electrons. The van der Waals surface area contributed by atoms with E-state index in [2.05, 4.69) is 21.4 Å². The largest absolute Gasteiger partial charge is 0.346 e. The van der Waals surface area contributed by atoms with Crippen LogP contribution in [0.4, 0.5) is 5.69 Å². The molecule has 2 heterocycles. The summed E-state index contributed by atoms with van der Waals surface area (Å²) in [5.41, 5.74) is 4.62. The summed E-state index contributed by atoms with van der Waals surface area (Å²) in [5.74, 6) is -0.442. The van der Waals surface area contributed by atoms with Crippen LogP contribution in [0.15, 0.2) is 42.7 Å². The molecule has 0 atom stereocenters. The maximum Gasteiger partial charge on any atom is 0.266 e. The molecule has 0 aliphatic rings. The molecule has 2 aromatic heterocycles. The Balaban J connectivity index is 2.01. The molecule has 0 saturated heterocycles. The van der Waals surface area contributed by atoms with Crippen LogP contribution in [0.5, 0.6) is 0 Å². The van der Waals surface area contributed by atoms with Crippen molar-refractivity contribution in [1.82, 2.24) is 9.97 Å². The summed E-state index contributed by atoms with van der Waals surface area (Å²) in [6.45, 7) is 2.03. The second-order valence-corrected chi connectivity index (χ2v) is 4.81. The number of H-pyrrole nitrogens is 1. The van der Waals surface area contributed by atoms with E-state index in [9.17, 15) is 4.79 Å². The Labute approximate surface area is 121 Å². The van der Waals surface area contributed by atoms with E-state index in [0.29, 0.717) is 5.69 Å². The molecule has 0 radical (unpaired) electrons. The van der Waals surface area contributed by atoms with Crippen LogP contribution in [0.3, 0.4) is 0 Å². The third-order valence-electron chi connectivity index (χ3n) is 3.33. The average Bonchev–Trinajstić information content (AvgIpc) is 2.88. The number of pyridine rings is 1. The number of hydrogen-bond donors (Lipinski definition) is 3. The Hall–Kier alpha value is -2.95. The first-order valence-corrected chi connectivity index (χ1v) is 6.53. The second kappa shape index (κ2) is 5.20. The number of hydrogen-bond acceptors (Lipinski definition) is 3. The number of amides is 1. The van der Waals surface area contributed by atoms with Gasteiger partial charge in [0.25, 0.3) is 5.91 Å². The zero-order valence-electron chi connectivity index (χ0n) is 11.5. The number of nitrogens with one attached hydrogen (secondary N) is 3. The van der Waals surface area contributed by atoms with Gasteiger partial charge in [-0.05, 0) is 36.2 Å². The third-order valence-corrected chi connectivity index (χ3v) is 3.33. The number of carbonyl (C=O) groups excluding carboxylic acids is 1. The number of fused-ring (bicyclic) bond motifs is 1. The van der Waals surface area contributed by atoms with Crippen LogP contribution in [-0.4, -0.2) is 22.1 Å². The van der Waals surface area contributed by atoms with Gasteiger partial charge in [0, 0.05) is 29.0 Å². The summed E-state index contributed by atoms with van der Waals surface area (Å²) in [5, 5.41) is 10.6. The molecule has 0 fully saturated rings. The number of carbonyl (C=O) groups is 1. The Kier molecular flexibility index (Phi) is 3.23. The Morgan fingerprint density at radius 3 is 3.00 bits per heavy atom. The summed E-state index contributed by atoms with van der Waals surface area (Å²) in [6.07, 6.45) is 4.49. The van der Waals surface area contributed by atoms with Gasteiger partial charge in [-0.1, -0.05) is 12.1 Å². The van der Waals surface area contributed by atoms with Crippen molar-refractivity contribution >= 4 is 28.8 Å². The van der Waals surface area contributed by atoms with Crippen molar-refractivity contribution in [2.24, 2.45) is 0 Å². The lowest BCUT2D eigenvalue weighted by atomic mass is 10.1. The second-order valence-electron chi connectivity index (χ2n) is 4.81. The van der Waals surface area contributed by atoms with Gasteiger partial charge in [-0.15, -0.1) is 0 Å². The fourth-order valence-corrected chi connectivity index (χ4v) is 2.25. The lowest BCUT2D eigenvalue weighted by Crippen LogP contribution is -2.11. The molecule has 5 nitrogen and oxygen atoms in total. The van der Waals surface area contributed by atoms with Crippen LogP contribution in [-0.2, 0) is 4.79 Å². The van der Waals surface area contributed by atoms with Gasteiger partial charge in [-0.25, -0.2) is 4.98 Å². The minimum absolute atomic E-state index is 0.442. The van der Waals surface area contributed by atoms with Crippen LogP contribution in [0.1, 0.15) is 5.56 Å². The zero-order chi connectivity index (χ0) is 14.8. The average molecular weight is 278 g/mol. The molecule has 0 unspecified atom stereocenters. The highest BCUT2D eigenvalue weighted by Crippen LogP contribution is 2.26. The highest BCUT2D eigenvalue weighted by Gasteiger charge is 2.06. The minimum atomic E-state index is -0.442. The molecule has 21 heavy (non-hydrogen) atoms. The molecule has 3 rings (SSSR count). The first-order chi connectivity index (χ1) is 10.2. The van der Waals surface area contributed by atoms with E-state index in [0.717, 1.165) is 33.9 Å². The molecule has 3 N–H and O–H groups in total. The highest BCUT2D eigenvalue weighted by atomic mass is 16.1. The van der Waals surface area contributed by atoms with E-state index in [1.807, 2.05) is 31.3 Å². The van der Waals surface area contributed by atoms with Crippen LogP contribution in [0, 0.1) is 12.3 Å². The maximum atomic E-state index is 11.2. The molecule has 0 spiro atoms. The van der Waals surface area contributed by atoms with E-state index in [-0.39, 0.29) is 0 Å². The molecule has 0 saturated carbocycles. The fraction of sp³-hybridized carbons (Fsp3) is 0.0625. The van der Waals surface area contributed by atoms with Crippen molar-refractivity contribution in [3.8, 4) is 11.1 Å². The van der Waals surface area contributed by atoms with Crippen LogP contribution >= 0.6 is 0 Å². The van der Waals surface area contributed by atoms with Crippen molar-refractivity contribution in [2.45, 2.75) is 6.92 Å². The van der Waals surface area contributed by atoms with Crippen molar-refractivity contribution in [2.75, 3.05) is 5.32 Å². The summed E-state index contributed by atoms with van der Waals surface area (Å²) < 4.78 is 0. The summed E-state index contributed by atoms with van der Waals surface area (Å²) in [4.78, 5) is 18.8. The van der Waals surface area contributed by atoms with E-state index in [1.54, 1.807) is 12.3 Å². The van der Waals surface area contributed by atoms with Gasteiger partial charge >= 0.3 is 0 Å². The number of anilines is 1. The van der Waals surface area contributed by atoms with Gasteiger partial charge in [0.1, 0.15) is 5.65 Å². The number of aromatic nitrogens is 2. The van der Waals surface area contributed by atoms with E-state index < -0.39 is 5.91 Å². The van der Waals surface area contributed by atoms with Crippen LogP contribution in [0.25, 0.3) is 22.2 Å². The van der Waals surface area contributed by atoms with Crippen molar-refractivity contribution in [3.63, 3.8) is 0 Å². The zero-order valence-corrected chi connectivity index (χ0v) is 11.5. The number of rotatable bonds is 3. The van der Waals surface area contributed by atoms with Gasteiger partial charge in [-0.3, -0.25) is 4.79 Å². The topological polar surface area (TPSA) is 81.6 Å². The van der Waals surface area contributed by atoms with E-state index in [1.165, 1.54) is 0 Å². The van der Waals surface area contributed by atoms with Gasteiger partial charge in [-0.2, -0.15) is 0 Å². The van der Waals surface area contributed by atoms with Crippen molar-refractivity contribution in [1.29, 1.82) is 5.41 Å². The van der Waals surface area contributed by atoms with Crippen LogP contribution in [0.2, 0.25) is 0 Å². The molecule has 1 amide bonds. The standard InChI is InChI=1S/C16H14N4O/c1-10-8-18-16-14(10)6-12(9-19-16)11-3-2-4-13(5-11)20-15(21)7-17/h2-9,17H,1H3,(H,18,19)(H,20,21). The van der Waals surface area contributed by atoms with Gasteiger partial charge in [0.2, 0.25) is 0 Å². The first-order valence-electron chi connectivity index (χ1n) is 6.53. The van der Waals surface area contributed by atoms with Crippen molar-refractivity contribution < 1.29 is 4.79 Å². The first kappa shape index (κ1) is 13.1. The molecular formula is C16H14N4O.